The maximum atomic E-state index is 12.7. The molecule has 106 valence electrons. The minimum atomic E-state index is -3.42. The van der Waals surface area contributed by atoms with E-state index in [0.29, 0.717) is 32.7 Å². The fraction of sp³-hybridized carbons (Fsp3) is 0.538. The largest absolute Gasteiger partial charge is 0.314 e. The van der Waals surface area contributed by atoms with E-state index in [2.05, 4.69) is 5.32 Å². The summed E-state index contributed by atoms with van der Waals surface area (Å²) in [5, 5.41) is 3.17. The number of nitrogens with one attached hydrogen (secondary N) is 1. The number of anilines is 1. The first-order valence-corrected chi connectivity index (χ1v) is 8.00. The van der Waals surface area contributed by atoms with Crippen molar-refractivity contribution in [1.29, 1.82) is 0 Å². The van der Waals surface area contributed by atoms with E-state index in [1.807, 2.05) is 38.1 Å². The highest BCUT2D eigenvalue weighted by Gasteiger charge is 2.29. The number of benzene rings is 1. The summed E-state index contributed by atoms with van der Waals surface area (Å²) < 4.78 is 28.3. The van der Waals surface area contributed by atoms with Crippen LogP contribution in [0.25, 0.3) is 0 Å². The molecule has 1 saturated heterocycles. The monoisotopic (exact) mass is 283 g/mol. The predicted octanol–water partition coefficient (Wildman–Crippen LogP) is 0.971. The van der Waals surface area contributed by atoms with Crippen molar-refractivity contribution in [3.63, 3.8) is 0 Å². The van der Waals surface area contributed by atoms with Gasteiger partial charge in [-0.15, -0.1) is 0 Å². The lowest BCUT2D eigenvalue weighted by molar-refractivity contribution is 0.359. The molecule has 1 N–H and O–H groups in total. The van der Waals surface area contributed by atoms with E-state index in [0.717, 1.165) is 11.3 Å². The van der Waals surface area contributed by atoms with Crippen molar-refractivity contribution in [3.8, 4) is 0 Å². The van der Waals surface area contributed by atoms with Gasteiger partial charge in [0.1, 0.15) is 0 Å². The Balaban J connectivity index is 2.30. The Hall–Kier alpha value is -1.11. The van der Waals surface area contributed by atoms with E-state index in [1.54, 1.807) is 4.31 Å². The van der Waals surface area contributed by atoms with Gasteiger partial charge in [0.15, 0.2) is 0 Å². The number of hydrogen-bond donors (Lipinski definition) is 1. The van der Waals surface area contributed by atoms with Crippen LogP contribution in [0.3, 0.4) is 0 Å². The summed E-state index contributed by atoms with van der Waals surface area (Å²) in [5.74, 6) is 0. The molecule has 6 heteroatoms. The van der Waals surface area contributed by atoms with Crippen LogP contribution in [0.5, 0.6) is 0 Å². The molecule has 1 aromatic rings. The van der Waals surface area contributed by atoms with Crippen molar-refractivity contribution in [2.24, 2.45) is 0 Å². The lowest BCUT2D eigenvalue weighted by Crippen LogP contribution is -2.51. The molecule has 0 aliphatic carbocycles. The third-order valence-electron chi connectivity index (χ3n) is 3.26. The molecule has 1 aliphatic heterocycles. The average Bonchev–Trinajstić information content (AvgIpc) is 2.40. The molecule has 1 aromatic carbocycles. The predicted molar refractivity (Wildman–Crippen MR) is 77.6 cm³/mol. The van der Waals surface area contributed by atoms with Gasteiger partial charge in [0.25, 0.3) is 0 Å². The Morgan fingerprint density at radius 2 is 2.00 bits per heavy atom. The van der Waals surface area contributed by atoms with Gasteiger partial charge in [-0.3, -0.25) is 4.31 Å². The summed E-state index contributed by atoms with van der Waals surface area (Å²) in [6.45, 7) is 6.76. The molecule has 0 amide bonds. The van der Waals surface area contributed by atoms with E-state index < -0.39 is 10.2 Å². The van der Waals surface area contributed by atoms with Crippen molar-refractivity contribution in [1.82, 2.24) is 9.62 Å². The van der Waals surface area contributed by atoms with Gasteiger partial charge in [-0.05, 0) is 31.5 Å². The molecule has 1 heterocycles. The topological polar surface area (TPSA) is 52.7 Å². The number of piperazine rings is 1. The molecule has 0 bridgehead atoms. The maximum absolute atomic E-state index is 12.7. The maximum Gasteiger partial charge on any atom is 0.304 e. The molecular formula is C13H21N3O2S. The van der Waals surface area contributed by atoms with Crippen LogP contribution in [0.4, 0.5) is 5.69 Å². The Kier molecular flexibility index (Phi) is 4.44. The highest BCUT2D eigenvalue weighted by atomic mass is 32.2. The molecule has 0 atom stereocenters. The number of nitrogens with zero attached hydrogens (tertiary/aromatic N) is 2. The molecule has 19 heavy (non-hydrogen) atoms. The highest BCUT2D eigenvalue weighted by molar-refractivity contribution is 7.90. The summed E-state index contributed by atoms with van der Waals surface area (Å²) in [6, 6.07) is 7.61. The highest BCUT2D eigenvalue weighted by Crippen LogP contribution is 2.21. The van der Waals surface area contributed by atoms with E-state index >= 15 is 0 Å². The molecule has 0 spiro atoms. The Morgan fingerprint density at radius 1 is 1.32 bits per heavy atom. The number of hydrogen-bond acceptors (Lipinski definition) is 3. The molecule has 1 fully saturated rings. The van der Waals surface area contributed by atoms with Crippen LogP contribution in [-0.4, -0.2) is 45.4 Å². The van der Waals surface area contributed by atoms with Crippen molar-refractivity contribution >= 4 is 15.9 Å². The standard InChI is InChI=1S/C13H21N3O2S/c1-3-16(13-6-4-5-12(2)11-13)19(17,18)15-9-7-14-8-10-15/h4-6,11,14H,3,7-10H2,1-2H3. The fourth-order valence-corrected chi connectivity index (χ4v) is 3.91. The Labute approximate surface area is 115 Å². The molecule has 2 rings (SSSR count). The minimum Gasteiger partial charge on any atom is -0.314 e. The van der Waals surface area contributed by atoms with E-state index in [1.165, 1.54) is 4.31 Å². The van der Waals surface area contributed by atoms with Crippen LogP contribution >= 0.6 is 0 Å². The van der Waals surface area contributed by atoms with Crippen LogP contribution in [0.2, 0.25) is 0 Å². The quantitative estimate of drug-likeness (QED) is 0.896. The van der Waals surface area contributed by atoms with Crippen molar-refractivity contribution in [2.75, 3.05) is 37.0 Å². The van der Waals surface area contributed by atoms with Crippen LogP contribution in [0, 0.1) is 6.92 Å². The lowest BCUT2D eigenvalue weighted by atomic mass is 10.2. The van der Waals surface area contributed by atoms with Gasteiger partial charge in [-0.1, -0.05) is 12.1 Å². The third-order valence-corrected chi connectivity index (χ3v) is 5.30. The molecule has 0 unspecified atom stereocenters. The normalized spacial score (nSPS) is 17.4. The van der Waals surface area contributed by atoms with Gasteiger partial charge in [0.2, 0.25) is 0 Å². The van der Waals surface area contributed by atoms with Gasteiger partial charge in [-0.2, -0.15) is 12.7 Å². The summed E-state index contributed by atoms with van der Waals surface area (Å²) >= 11 is 0. The zero-order valence-corrected chi connectivity index (χ0v) is 12.3. The van der Waals surface area contributed by atoms with Gasteiger partial charge < -0.3 is 5.32 Å². The average molecular weight is 283 g/mol. The van der Waals surface area contributed by atoms with E-state index in [9.17, 15) is 8.42 Å². The third kappa shape index (κ3) is 3.08. The molecule has 0 aromatic heterocycles. The molecule has 0 radical (unpaired) electrons. The number of aryl methyl sites for hydroxylation is 1. The zero-order valence-electron chi connectivity index (χ0n) is 11.5. The smallest absolute Gasteiger partial charge is 0.304 e. The summed E-state index contributed by atoms with van der Waals surface area (Å²) in [5.41, 5.74) is 1.80. The van der Waals surface area contributed by atoms with E-state index in [-0.39, 0.29) is 0 Å². The van der Waals surface area contributed by atoms with Gasteiger partial charge in [0.05, 0.1) is 5.69 Å². The molecule has 0 saturated carbocycles. The van der Waals surface area contributed by atoms with Crippen molar-refractivity contribution in [3.05, 3.63) is 29.8 Å². The second-order valence-electron chi connectivity index (χ2n) is 4.66. The van der Waals surface area contributed by atoms with E-state index in [4.69, 9.17) is 0 Å². The molecule has 1 aliphatic rings. The zero-order chi connectivity index (χ0) is 13.9. The van der Waals surface area contributed by atoms with Crippen LogP contribution in [0.15, 0.2) is 24.3 Å². The first-order chi connectivity index (χ1) is 9.05. The Morgan fingerprint density at radius 3 is 2.58 bits per heavy atom. The SMILES string of the molecule is CCN(c1cccc(C)c1)S(=O)(=O)N1CCNCC1. The van der Waals surface area contributed by atoms with Crippen LogP contribution in [-0.2, 0) is 10.2 Å². The molecular weight excluding hydrogens is 262 g/mol. The summed E-state index contributed by atoms with van der Waals surface area (Å²) in [6.07, 6.45) is 0. The summed E-state index contributed by atoms with van der Waals surface area (Å²) in [7, 11) is -3.42. The van der Waals surface area contributed by atoms with Gasteiger partial charge >= 0.3 is 10.2 Å². The Bertz CT molecular complexity index is 524. The van der Waals surface area contributed by atoms with Gasteiger partial charge in [0, 0.05) is 32.7 Å². The first kappa shape index (κ1) is 14.3. The second kappa shape index (κ2) is 5.90. The minimum absolute atomic E-state index is 0.440. The fourth-order valence-electron chi connectivity index (χ4n) is 2.28. The summed E-state index contributed by atoms with van der Waals surface area (Å²) in [4.78, 5) is 0. The van der Waals surface area contributed by atoms with Crippen molar-refractivity contribution in [2.45, 2.75) is 13.8 Å². The van der Waals surface area contributed by atoms with Crippen molar-refractivity contribution < 1.29 is 8.42 Å². The van der Waals surface area contributed by atoms with Crippen LogP contribution in [0.1, 0.15) is 12.5 Å². The lowest BCUT2D eigenvalue weighted by Gasteiger charge is -2.33. The number of rotatable bonds is 4. The molecule has 5 nitrogen and oxygen atoms in total. The second-order valence-corrected chi connectivity index (χ2v) is 6.51. The van der Waals surface area contributed by atoms with Crippen LogP contribution < -0.4 is 9.62 Å². The first-order valence-electron chi connectivity index (χ1n) is 6.61. The van der Waals surface area contributed by atoms with Gasteiger partial charge in [-0.25, -0.2) is 0 Å².